The van der Waals surface area contributed by atoms with Crippen molar-refractivity contribution in [1.29, 1.82) is 0 Å². The van der Waals surface area contributed by atoms with Crippen molar-refractivity contribution in [2.24, 2.45) is 0 Å². The van der Waals surface area contributed by atoms with Crippen molar-refractivity contribution < 1.29 is 14.5 Å². The van der Waals surface area contributed by atoms with Gasteiger partial charge in [-0.2, -0.15) is 5.10 Å². The molecule has 23 heavy (non-hydrogen) atoms. The number of nitrogens with zero attached hydrogens (tertiary/aromatic N) is 3. The summed E-state index contributed by atoms with van der Waals surface area (Å²) >= 11 is 0. The molecular weight excluding hydrogens is 300 g/mol. The lowest BCUT2D eigenvalue weighted by Crippen LogP contribution is -2.25. The number of hydrogen-bond donors (Lipinski definition) is 1. The Morgan fingerprint density at radius 3 is 2.87 bits per heavy atom. The Kier molecular flexibility index (Phi) is 5.29. The molecule has 8 nitrogen and oxygen atoms in total. The second-order valence-corrected chi connectivity index (χ2v) is 5.03. The number of carbonyl (C=O) groups is 1. The number of benzene rings is 1. The number of nitro benzene ring substituents is 1. The van der Waals surface area contributed by atoms with E-state index in [1.54, 1.807) is 10.9 Å². The topological polar surface area (TPSA) is 99.3 Å². The summed E-state index contributed by atoms with van der Waals surface area (Å²) in [5.74, 6) is -0.229. The molecule has 2 rings (SSSR count). The standard InChI is InChI=1S/C15H18N4O4/c1-11-9-17-18(10-11)7-3-6-16-15(20)12-4-5-14(23-2)13(8-12)19(21)22/h4-5,8-10H,3,6-7H2,1-2H3,(H,16,20). The minimum Gasteiger partial charge on any atom is -0.490 e. The molecule has 0 fully saturated rings. The highest BCUT2D eigenvalue weighted by Crippen LogP contribution is 2.27. The van der Waals surface area contributed by atoms with Crippen molar-refractivity contribution in [3.05, 3.63) is 51.8 Å². The Balaban J connectivity index is 1.90. The van der Waals surface area contributed by atoms with E-state index in [0.717, 1.165) is 5.56 Å². The molecule has 0 spiro atoms. The number of carbonyl (C=O) groups excluding carboxylic acids is 1. The molecule has 1 N–H and O–H groups in total. The molecule has 1 aromatic carbocycles. The van der Waals surface area contributed by atoms with Gasteiger partial charge in [0.25, 0.3) is 5.91 Å². The molecule has 1 aromatic heterocycles. The molecular formula is C15H18N4O4. The van der Waals surface area contributed by atoms with E-state index in [1.165, 1.54) is 25.3 Å². The predicted octanol–water partition coefficient (Wildman–Crippen LogP) is 1.93. The van der Waals surface area contributed by atoms with Crippen LogP contribution in [0.4, 0.5) is 5.69 Å². The number of nitrogens with one attached hydrogen (secondary N) is 1. The van der Waals surface area contributed by atoms with Gasteiger partial charge in [0.1, 0.15) is 0 Å². The van der Waals surface area contributed by atoms with Crippen molar-refractivity contribution in [2.45, 2.75) is 19.9 Å². The molecule has 0 atom stereocenters. The van der Waals surface area contributed by atoms with Crippen molar-refractivity contribution in [2.75, 3.05) is 13.7 Å². The van der Waals surface area contributed by atoms with E-state index in [2.05, 4.69) is 10.4 Å². The maximum atomic E-state index is 12.0. The number of methoxy groups -OCH3 is 1. The highest BCUT2D eigenvalue weighted by Gasteiger charge is 2.17. The summed E-state index contributed by atoms with van der Waals surface area (Å²) in [4.78, 5) is 22.4. The molecule has 1 amide bonds. The summed E-state index contributed by atoms with van der Waals surface area (Å²) in [6.45, 7) is 3.11. The van der Waals surface area contributed by atoms with Gasteiger partial charge in [-0.25, -0.2) is 0 Å². The molecule has 0 radical (unpaired) electrons. The molecule has 2 aromatic rings. The minimum atomic E-state index is -0.574. The summed E-state index contributed by atoms with van der Waals surface area (Å²) in [5, 5.41) is 17.9. The maximum absolute atomic E-state index is 12.0. The molecule has 0 aliphatic rings. The normalized spacial score (nSPS) is 10.3. The van der Waals surface area contributed by atoms with E-state index in [4.69, 9.17) is 4.74 Å². The average molecular weight is 318 g/mol. The molecule has 0 saturated heterocycles. The number of amides is 1. The summed E-state index contributed by atoms with van der Waals surface area (Å²) in [6.07, 6.45) is 4.41. The molecule has 0 aliphatic carbocycles. The first kappa shape index (κ1) is 16.5. The van der Waals surface area contributed by atoms with E-state index >= 15 is 0 Å². The lowest BCUT2D eigenvalue weighted by Gasteiger charge is -2.07. The van der Waals surface area contributed by atoms with Crippen molar-refractivity contribution in [3.63, 3.8) is 0 Å². The third kappa shape index (κ3) is 4.29. The van der Waals surface area contributed by atoms with E-state index in [1.807, 2.05) is 13.1 Å². The first-order chi connectivity index (χ1) is 11.0. The van der Waals surface area contributed by atoms with E-state index in [0.29, 0.717) is 19.5 Å². The Morgan fingerprint density at radius 2 is 2.26 bits per heavy atom. The fourth-order valence-corrected chi connectivity index (χ4v) is 2.11. The smallest absolute Gasteiger partial charge is 0.311 e. The maximum Gasteiger partial charge on any atom is 0.311 e. The zero-order valence-corrected chi connectivity index (χ0v) is 13.0. The number of aryl methyl sites for hydroxylation is 2. The van der Waals surface area contributed by atoms with Gasteiger partial charge in [-0.1, -0.05) is 0 Å². The Hall–Kier alpha value is -2.90. The van der Waals surface area contributed by atoms with Crippen molar-refractivity contribution >= 4 is 11.6 Å². The zero-order chi connectivity index (χ0) is 16.8. The third-order valence-electron chi connectivity index (χ3n) is 3.25. The van der Waals surface area contributed by atoms with Gasteiger partial charge in [0.05, 0.1) is 18.2 Å². The molecule has 0 bridgehead atoms. The van der Waals surface area contributed by atoms with Gasteiger partial charge < -0.3 is 10.1 Å². The van der Waals surface area contributed by atoms with Crippen LogP contribution in [0, 0.1) is 17.0 Å². The van der Waals surface area contributed by atoms with Gasteiger partial charge in [-0.05, 0) is 31.0 Å². The summed E-state index contributed by atoms with van der Waals surface area (Å²) in [7, 11) is 1.35. The largest absolute Gasteiger partial charge is 0.490 e. The Bertz CT molecular complexity index is 711. The highest BCUT2D eigenvalue weighted by molar-refractivity contribution is 5.95. The number of rotatable bonds is 7. The van der Waals surface area contributed by atoms with Gasteiger partial charge in [-0.15, -0.1) is 0 Å². The first-order valence-electron chi connectivity index (χ1n) is 7.11. The SMILES string of the molecule is COc1ccc(C(=O)NCCCn2cc(C)cn2)cc1[N+](=O)[O-]. The van der Waals surface area contributed by atoms with Crippen LogP contribution in [-0.4, -0.2) is 34.3 Å². The fourth-order valence-electron chi connectivity index (χ4n) is 2.11. The Morgan fingerprint density at radius 1 is 1.48 bits per heavy atom. The monoisotopic (exact) mass is 318 g/mol. The van der Waals surface area contributed by atoms with Crippen LogP contribution in [0.5, 0.6) is 5.75 Å². The summed E-state index contributed by atoms with van der Waals surface area (Å²) in [5.41, 5.74) is 1.08. The number of aromatic nitrogens is 2. The number of nitro groups is 1. The minimum absolute atomic E-state index is 0.126. The second-order valence-electron chi connectivity index (χ2n) is 5.03. The average Bonchev–Trinajstić information content (AvgIpc) is 2.96. The predicted molar refractivity (Wildman–Crippen MR) is 83.6 cm³/mol. The zero-order valence-electron chi connectivity index (χ0n) is 13.0. The molecule has 0 unspecified atom stereocenters. The van der Waals surface area contributed by atoms with Crippen LogP contribution < -0.4 is 10.1 Å². The van der Waals surface area contributed by atoms with Crippen LogP contribution in [0.3, 0.4) is 0 Å². The van der Waals surface area contributed by atoms with Crippen LogP contribution in [0.2, 0.25) is 0 Å². The quantitative estimate of drug-likeness (QED) is 0.478. The number of ether oxygens (including phenoxy) is 1. The summed E-state index contributed by atoms with van der Waals surface area (Å²) in [6, 6.07) is 4.13. The van der Waals surface area contributed by atoms with Gasteiger partial charge in [0.2, 0.25) is 0 Å². The van der Waals surface area contributed by atoms with Gasteiger partial charge in [0, 0.05) is 30.9 Å². The van der Waals surface area contributed by atoms with Gasteiger partial charge in [-0.3, -0.25) is 19.6 Å². The van der Waals surface area contributed by atoms with Crippen molar-refractivity contribution in [1.82, 2.24) is 15.1 Å². The van der Waals surface area contributed by atoms with Crippen molar-refractivity contribution in [3.8, 4) is 5.75 Å². The van der Waals surface area contributed by atoms with Crippen LogP contribution in [-0.2, 0) is 6.54 Å². The third-order valence-corrected chi connectivity index (χ3v) is 3.25. The molecule has 122 valence electrons. The second kappa shape index (κ2) is 7.39. The lowest BCUT2D eigenvalue weighted by atomic mass is 10.1. The lowest BCUT2D eigenvalue weighted by molar-refractivity contribution is -0.385. The van der Waals surface area contributed by atoms with E-state index < -0.39 is 4.92 Å². The van der Waals surface area contributed by atoms with E-state index in [9.17, 15) is 14.9 Å². The van der Waals surface area contributed by atoms with Gasteiger partial charge >= 0.3 is 5.69 Å². The molecule has 1 heterocycles. The van der Waals surface area contributed by atoms with Crippen LogP contribution >= 0.6 is 0 Å². The van der Waals surface area contributed by atoms with Crippen LogP contribution in [0.1, 0.15) is 22.3 Å². The van der Waals surface area contributed by atoms with Gasteiger partial charge in [0.15, 0.2) is 5.75 Å². The Labute approximate surface area is 133 Å². The van der Waals surface area contributed by atoms with Crippen LogP contribution in [0.15, 0.2) is 30.6 Å². The molecule has 8 heteroatoms. The number of hydrogen-bond acceptors (Lipinski definition) is 5. The first-order valence-corrected chi connectivity index (χ1v) is 7.11. The van der Waals surface area contributed by atoms with E-state index in [-0.39, 0.29) is 22.9 Å². The fraction of sp³-hybridized carbons (Fsp3) is 0.333. The van der Waals surface area contributed by atoms with Crippen LogP contribution in [0.25, 0.3) is 0 Å². The highest BCUT2D eigenvalue weighted by atomic mass is 16.6. The molecule has 0 saturated carbocycles. The summed E-state index contributed by atoms with van der Waals surface area (Å²) < 4.78 is 6.71. The molecule has 0 aliphatic heterocycles.